The van der Waals surface area contributed by atoms with E-state index in [4.69, 9.17) is 0 Å². The molecule has 5 nitrogen and oxygen atoms in total. The molecule has 5 rings (SSSR count). The van der Waals surface area contributed by atoms with Gasteiger partial charge in [-0.15, -0.1) is 0 Å². The van der Waals surface area contributed by atoms with Gasteiger partial charge in [-0.25, -0.2) is 13.1 Å². The Kier molecular flexibility index (Phi) is 4.83. The first-order valence-corrected chi connectivity index (χ1v) is 11.6. The van der Waals surface area contributed by atoms with Crippen LogP contribution in [0.25, 0.3) is 0 Å². The fraction of sp³-hybridized carbons (Fsp3) is 0.667. The SMILES string of the molecule is CC(C)NS(=O)(=O)c1ccc(C(=O)NCC23CC4CC(CC(C4)C2)C3)cc1. The number of sulfonamides is 1. The second-order valence-electron chi connectivity index (χ2n) is 9.40. The lowest BCUT2D eigenvalue weighted by Gasteiger charge is -2.56. The van der Waals surface area contributed by atoms with Gasteiger partial charge < -0.3 is 5.32 Å². The zero-order valence-electron chi connectivity index (χ0n) is 16.2. The third-order valence-electron chi connectivity index (χ3n) is 6.61. The highest BCUT2D eigenvalue weighted by Crippen LogP contribution is 2.59. The summed E-state index contributed by atoms with van der Waals surface area (Å²) in [6.07, 6.45) is 7.97. The van der Waals surface area contributed by atoms with E-state index in [2.05, 4.69) is 10.0 Å². The smallest absolute Gasteiger partial charge is 0.251 e. The van der Waals surface area contributed by atoms with E-state index in [0.717, 1.165) is 24.3 Å². The third kappa shape index (κ3) is 3.92. The van der Waals surface area contributed by atoms with Gasteiger partial charge >= 0.3 is 0 Å². The summed E-state index contributed by atoms with van der Waals surface area (Å²) >= 11 is 0. The van der Waals surface area contributed by atoms with E-state index in [-0.39, 0.29) is 16.8 Å². The number of nitrogens with one attached hydrogen (secondary N) is 2. The van der Waals surface area contributed by atoms with Crippen molar-refractivity contribution in [3.63, 3.8) is 0 Å². The summed E-state index contributed by atoms with van der Waals surface area (Å²) in [6.45, 7) is 4.32. The van der Waals surface area contributed by atoms with Gasteiger partial charge in [0.25, 0.3) is 5.91 Å². The van der Waals surface area contributed by atoms with Crippen LogP contribution in [0.3, 0.4) is 0 Å². The van der Waals surface area contributed by atoms with E-state index in [1.165, 1.54) is 50.7 Å². The maximum atomic E-state index is 12.6. The molecule has 2 N–H and O–H groups in total. The van der Waals surface area contributed by atoms with Gasteiger partial charge in [-0.05, 0) is 99.8 Å². The molecule has 4 saturated carbocycles. The molecule has 1 amide bonds. The lowest BCUT2D eigenvalue weighted by molar-refractivity contribution is -0.0503. The number of amides is 1. The first kappa shape index (κ1) is 18.9. The molecule has 6 heteroatoms. The molecule has 148 valence electrons. The lowest BCUT2D eigenvalue weighted by Crippen LogP contribution is -2.51. The van der Waals surface area contributed by atoms with E-state index in [1.807, 2.05) is 0 Å². The van der Waals surface area contributed by atoms with Gasteiger partial charge in [0.1, 0.15) is 0 Å². The summed E-state index contributed by atoms with van der Waals surface area (Å²) in [4.78, 5) is 12.8. The molecular formula is C21H30N2O3S. The number of hydrogen-bond donors (Lipinski definition) is 2. The van der Waals surface area contributed by atoms with Crippen molar-refractivity contribution in [2.75, 3.05) is 6.54 Å². The molecule has 0 spiro atoms. The highest BCUT2D eigenvalue weighted by Gasteiger charge is 2.50. The Hall–Kier alpha value is -1.40. The molecule has 0 aliphatic heterocycles. The van der Waals surface area contributed by atoms with Crippen molar-refractivity contribution in [2.24, 2.45) is 23.2 Å². The van der Waals surface area contributed by atoms with E-state index < -0.39 is 10.0 Å². The van der Waals surface area contributed by atoms with Crippen LogP contribution in [-0.4, -0.2) is 26.9 Å². The molecule has 0 atom stereocenters. The topological polar surface area (TPSA) is 75.3 Å². The van der Waals surface area contributed by atoms with E-state index in [0.29, 0.717) is 11.0 Å². The molecule has 0 unspecified atom stereocenters. The van der Waals surface area contributed by atoms with Gasteiger partial charge in [0.05, 0.1) is 4.90 Å². The predicted molar refractivity (Wildman–Crippen MR) is 105 cm³/mol. The van der Waals surface area contributed by atoms with Gasteiger partial charge in [0.15, 0.2) is 0 Å². The largest absolute Gasteiger partial charge is 0.351 e. The zero-order chi connectivity index (χ0) is 19.2. The summed E-state index contributed by atoms with van der Waals surface area (Å²) in [5.74, 6) is 2.50. The summed E-state index contributed by atoms with van der Waals surface area (Å²) in [5.41, 5.74) is 0.817. The van der Waals surface area contributed by atoms with Crippen LogP contribution in [-0.2, 0) is 10.0 Å². The van der Waals surface area contributed by atoms with Crippen LogP contribution in [0.15, 0.2) is 29.2 Å². The number of carbonyl (C=O) groups excluding carboxylic acids is 1. The van der Waals surface area contributed by atoms with Crippen LogP contribution in [0.2, 0.25) is 0 Å². The Morgan fingerprint density at radius 2 is 1.56 bits per heavy atom. The minimum Gasteiger partial charge on any atom is -0.351 e. The normalized spacial score (nSPS) is 32.0. The van der Waals surface area contributed by atoms with Crippen LogP contribution >= 0.6 is 0 Å². The Morgan fingerprint density at radius 1 is 1.04 bits per heavy atom. The minimum absolute atomic E-state index is 0.105. The predicted octanol–water partition coefficient (Wildman–Crippen LogP) is 3.32. The molecule has 1 aromatic carbocycles. The molecule has 0 aromatic heterocycles. The van der Waals surface area contributed by atoms with Crippen LogP contribution in [0.1, 0.15) is 62.7 Å². The maximum Gasteiger partial charge on any atom is 0.251 e. The van der Waals surface area contributed by atoms with Gasteiger partial charge in [-0.3, -0.25) is 4.79 Å². The van der Waals surface area contributed by atoms with Crippen molar-refractivity contribution in [3.05, 3.63) is 29.8 Å². The quantitative estimate of drug-likeness (QED) is 0.782. The fourth-order valence-electron chi connectivity index (χ4n) is 6.04. The van der Waals surface area contributed by atoms with Crippen molar-refractivity contribution >= 4 is 15.9 Å². The summed E-state index contributed by atoms with van der Waals surface area (Å²) < 4.78 is 26.9. The minimum atomic E-state index is -3.53. The second kappa shape index (κ2) is 6.89. The van der Waals surface area contributed by atoms with E-state index in [9.17, 15) is 13.2 Å². The number of benzene rings is 1. The fourth-order valence-corrected chi connectivity index (χ4v) is 7.29. The van der Waals surface area contributed by atoms with Crippen molar-refractivity contribution < 1.29 is 13.2 Å². The highest BCUT2D eigenvalue weighted by atomic mass is 32.2. The summed E-state index contributed by atoms with van der Waals surface area (Å²) in [7, 11) is -3.53. The molecule has 0 radical (unpaired) electrons. The van der Waals surface area contributed by atoms with Crippen LogP contribution in [0.4, 0.5) is 0 Å². The Bertz CT molecular complexity index is 779. The average molecular weight is 391 g/mol. The lowest BCUT2D eigenvalue weighted by atomic mass is 9.49. The van der Waals surface area contributed by atoms with Gasteiger partial charge in [0, 0.05) is 18.2 Å². The average Bonchev–Trinajstić information content (AvgIpc) is 2.57. The van der Waals surface area contributed by atoms with Gasteiger partial charge in [0.2, 0.25) is 10.0 Å². The second-order valence-corrected chi connectivity index (χ2v) is 11.1. The summed E-state index contributed by atoms with van der Waals surface area (Å²) in [5, 5.41) is 3.14. The number of rotatable bonds is 6. The first-order chi connectivity index (χ1) is 12.7. The Balaban J connectivity index is 1.39. The summed E-state index contributed by atoms with van der Waals surface area (Å²) in [6, 6.07) is 6.04. The van der Waals surface area contributed by atoms with Crippen molar-refractivity contribution in [3.8, 4) is 0 Å². The number of carbonyl (C=O) groups is 1. The Morgan fingerprint density at radius 3 is 2.04 bits per heavy atom. The van der Waals surface area contributed by atoms with E-state index in [1.54, 1.807) is 26.0 Å². The molecule has 4 bridgehead atoms. The van der Waals surface area contributed by atoms with Crippen LogP contribution in [0, 0.1) is 23.2 Å². The van der Waals surface area contributed by atoms with E-state index >= 15 is 0 Å². The molecule has 4 aliphatic carbocycles. The van der Waals surface area contributed by atoms with Crippen molar-refractivity contribution in [2.45, 2.75) is 63.3 Å². The molecule has 4 fully saturated rings. The molecule has 1 aromatic rings. The zero-order valence-corrected chi connectivity index (χ0v) is 17.0. The van der Waals surface area contributed by atoms with Crippen LogP contribution in [0.5, 0.6) is 0 Å². The molecule has 0 saturated heterocycles. The molecular weight excluding hydrogens is 360 g/mol. The first-order valence-electron chi connectivity index (χ1n) is 10.2. The molecule has 4 aliphatic rings. The highest BCUT2D eigenvalue weighted by molar-refractivity contribution is 7.89. The van der Waals surface area contributed by atoms with Gasteiger partial charge in [-0.2, -0.15) is 0 Å². The molecule has 27 heavy (non-hydrogen) atoms. The number of hydrogen-bond acceptors (Lipinski definition) is 3. The monoisotopic (exact) mass is 390 g/mol. The van der Waals surface area contributed by atoms with Crippen LogP contribution < -0.4 is 10.0 Å². The standard InChI is InChI=1S/C21H30N2O3S/c1-14(2)23-27(25,26)19-5-3-18(4-6-19)20(24)22-13-21-10-15-7-16(11-21)9-17(8-15)12-21/h3-6,14-17,23H,7-13H2,1-2H3,(H,22,24). The third-order valence-corrected chi connectivity index (χ3v) is 8.28. The molecule has 0 heterocycles. The van der Waals surface area contributed by atoms with Crippen molar-refractivity contribution in [1.29, 1.82) is 0 Å². The Labute approximate surface area is 162 Å². The van der Waals surface area contributed by atoms with Crippen molar-refractivity contribution in [1.82, 2.24) is 10.0 Å². The maximum absolute atomic E-state index is 12.6. The van der Waals surface area contributed by atoms with Gasteiger partial charge in [-0.1, -0.05) is 0 Å².